The summed E-state index contributed by atoms with van der Waals surface area (Å²) in [5.41, 5.74) is 5.38. The maximum atomic E-state index is 12.9. The zero-order valence-corrected chi connectivity index (χ0v) is 40.7. The number of unbranched alkanes of at least 4 members (excludes halogenated alkanes) is 30. The van der Waals surface area contributed by atoms with Crippen LogP contribution in [0.5, 0.6) is 0 Å². The monoisotopic (exact) mass is 883 g/mol. The highest BCUT2D eigenvalue weighted by molar-refractivity contribution is 7.47. The number of phosphoric acid groups is 1. The molecule has 0 aliphatic heterocycles. The van der Waals surface area contributed by atoms with E-state index < -0.39 is 38.6 Å². The molecule has 0 aliphatic rings. The van der Waals surface area contributed by atoms with Gasteiger partial charge in [0.15, 0.2) is 0 Å². The third-order valence-corrected chi connectivity index (χ3v) is 12.5. The van der Waals surface area contributed by atoms with E-state index in [1.807, 2.05) is 6.08 Å². The Morgan fingerprint density at radius 2 is 0.934 bits per heavy atom. The molecule has 4 unspecified atom stereocenters. The first-order valence-corrected chi connectivity index (χ1v) is 27.2. The fourth-order valence-electron chi connectivity index (χ4n) is 7.60. The predicted octanol–water partition coefficient (Wildman–Crippen LogP) is 14.0. The van der Waals surface area contributed by atoms with Gasteiger partial charge in [0, 0.05) is 6.54 Å². The average molecular weight is 883 g/mol. The highest BCUT2D eigenvalue weighted by Gasteiger charge is 2.27. The van der Waals surface area contributed by atoms with Crippen molar-refractivity contribution in [1.82, 2.24) is 5.32 Å². The Hall–Kier alpha value is -1.32. The van der Waals surface area contributed by atoms with E-state index in [2.05, 4.69) is 43.5 Å². The fraction of sp³-hybridized carbons (Fsp3) is 0.863. The summed E-state index contributed by atoms with van der Waals surface area (Å²) in [6, 6.07) is -1.00. The molecule has 0 rings (SSSR count). The maximum absolute atomic E-state index is 12.9. The molecule has 0 saturated carbocycles. The molecular formula is C51H99N2O7P. The number of phosphoric ester groups is 1. The molecule has 10 heteroatoms. The number of aliphatic hydroxyl groups is 2. The Kier molecular flexibility index (Phi) is 45.7. The van der Waals surface area contributed by atoms with Gasteiger partial charge in [0.1, 0.15) is 0 Å². The van der Waals surface area contributed by atoms with Crippen molar-refractivity contribution in [3.05, 3.63) is 36.5 Å². The van der Waals surface area contributed by atoms with Crippen LogP contribution in [0.15, 0.2) is 36.5 Å². The Bertz CT molecular complexity index is 1070. The van der Waals surface area contributed by atoms with E-state index >= 15 is 0 Å². The smallest absolute Gasteiger partial charge is 0.393 e. The molecule has 0 aromatic rings. The molecule has 0 spiro atoms. The molecule has 0 aromatic heterocycles. The summed E-state index contributed by atoms with van der Waals surface area (Å²) < 4.78 is 22.1. The van der Waals surface area contributed by atoms with Gasteiger partial charge in [0.2, 0.25) is 5.91 Å². The van der Waals surface area contributed by atoms with Crippen LogP contribution in [-0.4, -0.2) is 59.0 Å². The van der Waals surface area contributed by atoms with Gasteiger partial charge in [-0.05, 0) is 57.8 Å². The van der Waals surface area contributed by atoms with Crippen molar-refractivity contribution >= 4 is 13.7 Å². The molecule has 9 nitrogen and oxygen atoms in total. The van der Waals surface area contributed by atoms with Gasteiger partial charge in [-0.2, -0.15) is 0 Å². The minimum absolute atomic E-state index is 0.0437. The first kappa shape index (κ1) is 59.7. The molecule has 0 saturated heterocycles. The Morgan fingerprint density at radius 3 is 1.36 bits per heavy atom. The fourth-order valence-corrected chi connectivity index (χ4v) is 8.36. The molecule has 61 heavy (non-hydrogen) atoms. The van der Waals surface area contributed by atoms with Crippen molar-refractivity contribution in [2.75, 3.05) is 19.8 Å². The predicted molar refractivity (Wildman–Crippen MR) is 260 cm³/mol. The Morgan fingerprint density at radius 1 is 0.557 bits per heavy atom. The standard InChI is InChI=1S/C51H99N2O7P/c1-3-5-7-9-11-13-15-17-19-21-23-24-25-26-28-30-32-34-36-38-40-42-48(54)46-51(56)53-49(47-60-61(57,58)59-45-44-52)50(55)43-41-39-37-35-33-31-29-27-22-20-18-16-14-12-10-8-6-4-2/h26,28,33,35,41,43,48-50,54-55H,3-25,27,29-32,34,36-40,42,44-47,52H2,1-2H3,(H,53,56)(H,57,58)/b28-26-,35-33+,43-41+. The van der Waals surface area contributed by atoms with Gasteiger partial charge in [-0.3, -0.25) is 13.8 Å². The molecular weight excluding hydrogens is 784 g/mol. The molecule has 1 amide bonds. The van der Waals surface area contributed by atoms with Crippen molar-refractivity contribution in [3.8, 4) is 0 Å². The number of hydrogen-bond acceptors (Lipinski definition) is 7. The van der Waals surface area contributed by atoms with E-state index in [4.69, 9.17) is 14.8 Å². The molecule has 360 valence electrons. The highest BCUT2D eigenvalue weighted by Crippen LogP contribution is 2.43. The summed E-state index contributed by atoms with van der Waals surface area (Å²) >= 11 is 0. The molecule has 0 fully saturated rings. The summed E-state index contributed by atoms with van der Waals surface area (Å²) in [7, 11) is -4.41. The summed E-state index contributed by atoms with van der Waals surface area (Å²) in [6.07, 6.45) is 53.9. The number of rotatable bonds is 48. The number of aliphatic hydroxyl groups excluding tert-OH is 2. The number of hydrogen-bond donors (Lipinski definition) is 5. The molecule has 0 aromatic carbocycles. The number of nitrogens with one attached hydrogen (secondary N) is 1. The average Bonchev–Trinajstić information content (AvgIpc) is 3.24. The zero-order chi connectivity index (χ0) is 44.8. The lowest BCUT2D eigenvalue weighted by molar-refractivity contribution is -0.124. The Balaban J connectivity index is 4.23. The third kappa shape index (κ3) is 45.1. The summed E-state index contributed by atoms with van der Waals surface area (Å²) in [5.74, 6) is -0.458. The van der Waals surface area contributed by atoms with E-state index in [0.29, 0.717) is 12.8 Å². The number of allylic oxidation sites excluding steroid dienone is 5. The summed E-state index contributed by atoms with van der Waals surface area (Å²) in [5, 5.41) is 24.1. The first-order chi connectivity index (χ1) is 29.8. The molecule has 6 N–H and O–H groups in total. The SMILES string of the molecule is CCCCCCCCCCCCCC/C=C\CCCCCCCC(O)CC(=O)NC(COP(=O)(O)OCCN)C(O)/C=C/CC/C=C/CCCCCCCCCCCCCC. The highest BCUT2D eigenvalue weighted by atomic mass is 31.2. The number of carbonyl (C=O) groups excluding carboxylic acids is 1. The molecule has 0 aliphatic carbocycles. The minimum atomic E-state index is -4.41. The van der Waals surface area contributed by atoms with E-state index in [1.165, 1.54) is 167 Å². The molecule has 0 heterocycles. The van der Waals surface area contributed by atoms with E-state index in [9.17, 15) is 24.5 Å². The quantitative estimate of drug-likeness (QED) is 0.0230. The van der Waals surface area contributed by atoms with Crippen LogP contribution in [0.3, 0.4) is 0 Å². The van der Waals surface area contributed by atoms with Crippen LogP contribution in [0.4, 0.5) is 0 Å². The van der Waals surface area contributed by atoms with Gasteiger partial charge in [0.25, 0.3) is 0 Å². The molecule has 0 radical (unpaired) electrons. The van der Waals surface area contributed by atoms with Gasteiger partial charge in [-0.1, -0.05) is 217 Å². The molecule has 4 atom stereocenters. The lowest BCUT2D eigenvalue weighted by Gasteiger charge is -2.24. The number of nitrogens with two attached hydrogens (primary N) is 1. The second-order valence-corrected chi connectivity index (χ2v) is 19.0. The van der Waals surface area contributed by atoms with Crippen LogP contribution < -0.4 is 11.1 Å². The van der Waals surface area contributed by atoms with E-state index in [-0.39, 0.29) is 19.6 Å². The normalized spacial score (nSPS) is 14.7. The minimum Gasteiger partial charge on any atom is -0.393 e. The van der Waals surface area contributed by atoms with Crippen LogP contribution in [0.1, 0.15) is 245 Å². The van der Waals surface area contributed by atoms with Gasteiger partial charge in [-0.15, -0.1) is 0 Å². The van der Waals surface area contributed by atoms with E-state index in [0.717, 1.165) is 44.9 Å². The van der Waals surface area contributed by atoms with Crippen molar-refractivity contribution < 1.29 is 33.5 Å². The van der Waals surface area contributed by atoms with Gasteiger partial charge >= 0.3 is 7.82 Å². The van der Waals surface area contributed by atoms with Crippen LogP contribution in [0.2, 0.25) is 0 Å². The van der Waals surface area contributed by atoms with Crippen molar-refractivity contribution in [2.24, 2.45) is 5.73 Å². The Labute approximate surface area is 376 Å². The zero-order valence-electron chi connectivity index (χ0n) is 39.8. The van der Waals surface area contributed by atoms with Crippen LogP contribution in [-0.2, 0) is 18.4 Å². The van der Waals surface area contributed by atoms with Crippen LogP contribution in [0, 0.1) is 0 Å². The van der Waals surface area contributed by atoms with Crippen LogP contribution >= 0.6 is 7.82 Å². The molecule has 0 bridgehead atoms. The van der Waals surface area contributed by atoms with Crippen LogP contribution in [0.25, 0.3) is 0 Å². The summed E-state index contributed by atoms with van der Waals surface area (Å²) in [6.45, 7) is 3.98. The van der Waals surface area contributed by atoms with Crippen molar-refractivity contribution in [2.45, 2.75) is 263 Å². The lowest BCUT2D eigenvalue weighted by atomic mass is 10.0. The lowest BCUT2D eigenvalue weighted by Crippen LogP contribution is -2.46. The van der Waals surface area contributed by atoms with Gasteiger partial charge in [-0.25, -0.2) is 4.57 Å². The number of carbonyl (C=O) groups is 1. The first-order valence-electron chi connectivity index (χ1n) is 25.7. The van der Waals surface area contributed by atoms with E-state index in [1.54, 1.807) is 6.08 Å². The van der Waals surface area contributed by atoms with Crippen molar-refractivity contribution in [1.29, 1.82) is 0 Å². The maximum Gasteiger partial charge on any atom is 0.472 e. The third-order valence-electron chi connectivity index (χ3n) is 11.5. The summed E-state index contributed by atoms with van der Waals surface area (Å²) in [4.78, 5) is 22.8. The van der Waals surface area contributed by atoms with Gasteiger partial charge < -0.3 is 26.2 Å². The second-order valence-electron chi connectivity index (χ2n) is 17.6. The second kappa shape index (κ2) is 46.7. The van der Waals surface area contributed by atoms with Gasteiger partial charge in [0.05, 0.1) is 37.9 Å². The largest absolute Gasteiger partial charge is 0.472 e. The number of amides is 1. The topological polar surface area (TPSA) is 151 Å². The van der Waals surface area contributed by atoms with Crippen molar-refractivity contribution in [3.63, 3.8) is 0 Å².